The second kappa shape index (κ2) is 4.93. The highest BCUT2D eigenvalue weighted by atomic mass is 16.3. The van der Waals surface area contributed by atoms with E-state index in [0.29, 0.717) is 6.42 Å². The van der Waals surface area contributed by atoms with Crippen molar-refractivity contribution in [3.05, 3.63) is 52.3 Å². The number of aryl methyl sites for hydroxylation is 1. The number of aliphatic hydroxyl groups is 1. The minimum Gasteiger partial charge on any atom is -0.396 e. The summed E-state index contributed by atoms with van der Waals surface area (Å²) < 4.78 is 1.31. The molecule has 0 aliphatic rings. The Balaban J connectivity index is 2.59. The molecule has 0 aliphatic heterocycles. The Morgan fingerprint density at radius 3 is 2.65 bits per heavy atom. The average molecular weight is 230 g/mol. The monoisotopic (exact) mass is 230 g/mol. The predicted octanol–water partition coefficient (Wildman–Crippen LogP) is 0.982. The molecule has 2 rings (SSSR count). The summed E-state index contributed by atoms with van der Waals surface area (Å²) in [5, 5.41) is 13.3. The molecule has 88 valence electrons. The summed E-state index contributed by atoms with van der Waals surface area (Å²) in [6.07, 6.45) is 0.438. The Labute approximate surface area is 99.2 Å². The molecule has 1 aromatic heterocycles. The molecule has 0 amide bonds. The fourth-order valence-corrected chi connectivity index (χ4v) is 1.72. The van der Waals surface area contributed by atoms with Crippen molar-refractivity contribution in [2.75, 3.05) is 6.61 Å². The van der Waals surface area contributed by atoms with E-state index in [2.05, 4.69) is 5.10 Å². The quantitative estimate of drug-likeness (QED) is 0.855. The molecule has 0 saturated heterocycles. The number of hydrogen-bond donors (Lipinski definition) is 1. The second-order valence-corrected chi connectivity index (χ2v) is 3.82. The molecule has 2 aromatic rings. The summed E-state index contributed by atoms with van der Waals surface area (Å²) in [6, 6.07) is 11.2. The van der Waals surface area contributed by atoms with E-state index in [-0.39, 0.29) is 12.2 Å². The van der Waals surface area contributed by atoms with Crippen LogP contribution < -0.4 is 5.56 Å². The SMILES string of the molecule is Cn1nc(-c2ccccc2)c(CCO)cc1=O. The zero-order valence-corrected chi connectivity index (χ0v) is 9.63. The summed E-state index contributed by atoms with van der Waals surface area (Å²) in [6.45, 7) is 0.00861. The molecule has 0 saturated carbocycles. The Kier molecular flexibility index (Phi) is 3.35. The third kappa shape index (κ3) is 2.42. The van der Waals surface area contributed by atoms with E-state index < -0.39 is 0 Å². The lowest BCUT2D eigenvalue weighted by Crippen LogP contribution is -2.21. The number of aromatic nitrogens is 2. The first-order chi connectivity index (χ1) is 8.22. The van der Waals surface area contributed by atoms with Crippen LogP contribution >= 0.6 is 0 Å². The minimum absolute atomic E-state index is 0.00861. The highest BCUT2D eigenvalue weighted by molar-refractivity contribution is 5.62. The van der Waals surface area contributed by atoms with Gasteiger partial charge in [-0.05, 0) is 12.0 Å². The lowest BCUT2D eigenvalue weighted by Gasteiger charge is -2.08. The van der Waals surface area contributed by atoms with Crippen LogP contribution in [0.5, 0.6) is 0 Å². The predicted molar refractivity (Wildman–Crippen MR) is 65.7 cm³/mol. The van der Waals surface area contributed by atoms with Crippen LogP contribution in [0.2, 0.25) is 0 Å². The molecule has 4 nitrogen and oxygen atoms in total. The fraction of sp³-hybridized carbons (Fsp3) is 0.231. The van der Waals surface area contributed by atoms with Gasteiger partial charge in [0.15, 0.2) is 0 Å². The van der Waals surface area contributed by atoms with Gasteiger partial charge in [-0.15, -0.1) is 0 Å². The van der Waals surface area contributed by atoms with E-state index in [1.54, 1.807) is 7.05 Å². The largest absolute Gasteiger partial charge is 0.396 e. The summed E-state index contributed by atoms with van der Waals surface area (Å²) in [5.41, 5.74) is 2.32. The first kappa shape index (κ1) is 11.5. The molecule has 0 unspecified atom stereocenters. The van der Waals surface area contributed by atoms with Crippen LogP contribution in [-0.4, -0.2) is 21.5 Å². The first-order valence-electron chi connectivity index (χ1n) is 5.46. The van der Waals surface area contributed by atoms with E-state index in [1.807, 2.05) is 30.3 Å². The third-order valence-electron chi connectivity index (χ3n) is 2.60. The van der Waals surface area contributed by atoms with Crippen LogP contribution in [0.3, 0.4) is 0 Å². The molecule has 0 atom stereocenters. The van der Waals surface area contributed by atoms with E-state index in [9.17, 15) is 4.79 Å². The maximum absolute atomic E-state index is 11.5. The molecule has 0 bridgehead atoms. The van der Waals surface area contributed by atoms with Crippen molar-refractivity contribution in [2.24, 2.45) is 7.05 Å². The molecule has 0 radical (unpaired) electrons. The Bertz CT molecular complexity index is 561. The number of benzene rings is 1. The third-order valence-corrected chi connectivity index (χ3v) is 2.60. The molecule has 1 heterocycles. The highest BCUT2D eigenvalue weighted by Crippen LogP contribution is 2.19. The van der Waals surface area contributed by atoms with Crippen LogP contribution in [0.4, 0.5) is 0 Å². The smallest absolute Gasteiger partial charge is 0.266 e. The van der Waals surface area contributed by atoms with Gasteiger partial charge in [0, 0.05) is 25.3 Å². The average Bonchev–Trinajstić information content (AvgIpc) is 2.35. The molecular weight excluding hydrogens is 216 g/mol. The second-order valence-electron chi connectivity index (χ2n) is 3.82. The molecule has 1 aromatic carbocycles. The summed E-state index contributed by atoms with van der Waals surface area (Å²) in [5.74, 6) is 0. The summed E-state index contributed by atoms with van der Waals surface area (Å²) >= 11 is 0. The van der Waals surface area contributed by atoms with Gasteiger partial charge in [0.2, 0.25) is 0 Å². The van der Waals surface area contributed by atoms with Crippen molar-refractivity contribution < 1.29 is 5.11 Å². The summed E-state index contributed by atoms with van der Waals surface area (Å²) in [7, 11) is 1.62. The van der Waals surface area contributed by atoms with E-state index >= 15 is 0 Å². The Hall–Kier alpha value is -1.94. The van der Waals surface area contributed by atoms with Crippen molar-refractivity contribution in [2.45, 2.75) is 6.42 Å². The molecule has 0 aliphatic carbocycles. The number of nitrogens with zero attached hydrogens (tertiary/aromatic N) is 2. The first-order valence-corrected chi connectivity index (χ1v) is 5.46. The van der Waals surface area contributed by atoms with E-state index in [0.717, 1.165) is 16.8 Å². The van der Waals surface area contributed by atoms with E-state index in [1.165, 1.54) is 10.7 Å². The van der Waals surface area contributed by atoms with Gasteiger partial charge in [0.05, 0.1) is 5.69 Å². The van der Waals surface area contributed by atoms with Crippen molar-refractivity contribution in [1.29, 1.82) is 0 Å². The number of rotatable bonds is 3. The molecule has 17 heavy (non-hydrogen) atoms. The van der Waals surface area contributed by atoms with Crippen molar-refractivity contribution >= 4 is 0 Å². The van der Waals surface area contributed by atoms with Crippen LogP contribution in [0, 0.1) is 0 Å². The van der Waals surface area contributed by atoms with Gasteiger partial charge in [-0.3, -0.25) is 4.79 Å². The Morgan fingerprint density at radius 1 is 1.29 bits per heavy atom. The lowest BCUT2D eigenvalue weighted by molar-refractivity contribution is 0.299. The standard InChI is InChI=1S/C13H14N2O2/c1-15-12(17)9-11(7-8-16)13(14-15)10-5-3-2-4-6-10/h2-6,9,16H,7-8H2,1H3. The zero-order chi connectivity index (χ0) is 12.3. The molecule has 0 fully saturated rings. The van der Waals surface area contributed by atoms with Crippen molar-refractivity contribution in [3.63, 3.8) is 0 Å². The number of aliphatic hydroxyl groups excluding tert-OH is 1. The van der Waals surface area contributed by atoms with Crippen molar-refractivity contribution in [3.8, 4) is 11.3 Å². The van der Waals surface area contributed by atoms with Gasteiger partial charge in [0.1, 0.15) is 0 Å². The number of hydrogen-bond acceptors (Lipinski definition) is 3. The maximum atomic E-state index is 11.5. The molecule has 1 N–H and O–H groups in total. The van der Waals surface area contributed by atoms with Gasteiger partial charge in [-0.1, -0.05) is 30.3 Å². The molecular formula is C13H14N2O2. The van der Waals surface area contributed by atoms with Crippen LogP contribution in [0.1, 0.15) is 5.56 Å². The fourth-order valence-electron chi connectivity index (χ4n) is 1.72. The Morgan fingerprint density at radius 2 is 2.00 bits per heavy atom. The maximum Gasteiger partial charge on any atom is 0.266 e. The van der Waals surface area contributed by atoms with Gasteiger partial charge >= 0.3 is 0 Å². The van der Waals surface area contributed by atoms with Crippen molar-refractivity contribution in [1.82, 2.24) is 9.78 Å². The topological polar surface area (TPSA) is 55.1 Å². The van der Waals surface area contributed by atoms with Gasteiger partial charge in [-0.2, -0.15) is 5.10 Å². The zero-order valence-electron chi connectivity index (χ0n) is 9.63. The normalized spacial score (nSPS) is 10.5. The molecule has 4 heteroatoms. The van der Waals surface area contributed by atoms with Gasteiger partial charge in [-0.25, -0.2) is 4.68 Å². The lowest BCUT2D eigenvalue weighted by atomic mass is 10.0. The summed E-state index contributed by atoms with van der Waals surface area (Å²) in [4.78, 5) is 11.5. The highest BCUT2D eigenvalue weighted by Gasteiger charge is 2.08. The van der Waals surface area contributed by atoms with Gasteiger partial charge < -0.3 is 5.11 Å². The van der Waals surface area contributed by atoms with Crippen LogP contribution in [-0.2, 0) is 13.5 Å². The van der Waals surface area contributed by atoms with Gasteiger partial charge in [0.25, 0.3) is 5.56 Å². The van der Waals surface area contributed by atoms with E-state index in [4.69, 9.17) is 5.11 Å². The molecule has 0 spiro atoms. The minimum atomic E-state index is -0.159. The van der Waals surface area contributed by atoms with Crippen LogP contribution in [0.15, 0.2) is 41.2 Å². The van der Waals surface area contributed by atoms with Crippen LogP contribution in [0.25, 0.3) is 11.3 Å².